The molecule has 3 aliphatic carbocycles. The lowest BCUT2D eigenvalue weighted by atomic mass is 9.82. The maximum absolute atomic E-state index is 6.97. The van der Waals surface area contributed by atoms with Crippen molar-refractivity contribution >= 4 is 60.9 Å². The van der Waals surface area contributed by atoms with Crippen molar-refractivity contribution in [2.24, 2.45) is 0 Å². The van der Waals surface area contributed by atoms with Gasteiger partial charge in [0, 0.05) is 43.8 Å². The number of nitrogens with zero attached hydrogens (tertiary/aromatic N) is 1. The summed E-state index contributed by atoms with van der Waals surface area (Å²) in [6.07, 6.45) is 0. The second-order valence-electron chi connectivity index (χ2n) is 20.4. The maximum atomic E-state index is 6.97. The van der Waals surface area contributed by atoms with Gasteiger partial charge in [-0.1, -0.05) is 163 Å². The standard InChI is InChI=1S/C63H47NO2/c1-61(2)49-23-12-9-18-44(49)58-42(19-13-24-50(58)61)43-20-14-26-54-59(43)45-34-57-46(35-56(45)65-54)60-53(25-15-27-55(60)66-57)64(36-28-30-40-38-16-7-10-21-47(38)62(3,4)51(40)32-36)37-29-31-41-39-17-8-11-22-48(39)63(5,6)52(41)33-37/h7-35H,1-6H3. The largest absolute Gasteiger partial charge is 0.456 e. The maximum Gasteiger partial charge on any atom is 0.137 e. The lowest BCUT2D eigenvalue weighted by molar-refractivity contribution is 0.660. The molecule has 2 aromatic heterocycles. The van der Waals surface area contributed by atoms with Gasteiger partial charge in [0.1, 0.15) is 22.3 Å². The summed E-state index contributed by atoms with van der Waals surface area (Å²) in [5, 5.41) is 4.24. The van der Waals surface area contributed by atoms with Crippen molar-refractivity contribution in [3.8, 4) is 44.5 Å². The van der Waals surface area contributed by atoms with E-state index in [9.17, 15) is 0 Å². The van der Waals surface area contributed by atoms with Crippen molar-refractivity contribution in [3.05, 3.63) is 209 Å². The molecule has 0 spiro atoms. The quantitative estimate of drug-likeness (QED) is 0.177. The number of furan rings is 2. The van der Waals surface area contributed by atoms with Crippen molar-refractivity contribution < 1.29 is 8.83 Å². The summed E-state index contributed by atoms with van der Waals surface area (Å²) < 4.78 is 13.9. The number of rotatable bonds is 4. The van der Waals surface area contributed by atoms with Gasteiger partial charge < -0.3 is 13.7 Å². The number of benzene rings is 9. The molecule has 316 valence electrons. The molecule has 9 aromatic carbocycles. The monoisotopic (exact) mass is 849 g/mol. The third kappa shape index (κ3) is 4.82. The Bertz CT molecular complexity index is 3820. The zero-order valence-corrected chi connectivity index (χ0v) is 38.0. The molecule has 0 atom stereocenters. The summed E-state index contributed by atoms with van der Waals surface area (Å²) in [6, 6.07) is 65.1. The van der Waals surface area contributed by atoms with Gasteiger partial charge in [-0.25, -0.2) is 0 Å². The summed E-state index contributed by atoms with van der Waals surface area (Å²) in [5.74, 6) is 0. The smallest absolute Gasteiger partial charge is 0.137 e. The molecular weight excluding hydrogens is 803 g/mol. The molecule has 14 rings (SSSR count). The second-order valence-corrected chi connectivity index (χ2v) is 20.4. The molecule has 0 amide bonds. The molecule has 3 aliphatic rings. The number of anilines is 3. The van der Waals surface area contributed by atoms with Crippen LogP contribution in [-0.4, -0.2) is 0 Å². The summed E-state index contributed by atoms with van der Waals surface area (Å²) in [6.45, 7) is 14.1. The minimum absolute atomic E-state index is 0.0949. The molecular formula is C63H47NO2. The minimum atomic E-state index is -0.158. The molecule has 0 radical (unpaired) electrons. The van der Waals surface area contributed by atoms with E-state index < -0.39 is 0 Å². The Kier molecular flexibility index (Phi) is 7.32. The molecule has 0 N–H and O–H groups in total. The Morgan fingerprint density at radius 1 is 0.318 bits per heavy atom. The topological polar surface area (TPSA) is 29.5 Å². The average Bonchev–Trinajstić information content (AvgIpc) is 4.07. The van der Waals surface area contributed by atoms with E-state index in [4.69, 9.17) is 8.83 Å². The van der Waals surface area contributed by atoms with Gasteiger partial charge in [-0.05, 0) is 132 Å². The Hall–Kier alpha value is -7.62. The Morgan fingerprint density at radius 2 is 0.742 bits per heavy atom. The van der Waals surface area contributed by atoms with Crippen molar-refractivity contribution in [1.82, 2.24) is 0 Å². The highest BCUT2D eigenvalue weighted by Gasteiger charge is 2.39. The first-order chi connectivity index (χ1) is 32.0. The van der Waals surface area contributed by atoms with Crippen LogP contribution in [0.25, 0.3) is 88.4 Å². The summed E-state index contributed by atoms with van der Waals surface area (Å²) in [4.78, 5) is 2.46. The second kappa shape index (κ2) is 12.8. The van der Waals surface area contributed by atoms with Crippen LogP contribution in [0.5, 0.6) is 0 Å². The van der Waals surface area contributed by atoms with Crippen LogP contribution < -0.4 is 4.90 Å². The van der Waals surface area contributed by atoms with Gasteiger partial charge >= 0.3 is 0 Å². The lowest BCUT2D eigenvalue weighted by Crippen LogP contribution is -2.18. The van der Waals surface area contributed by atoms with E-state index in [0.29, 0.717) is 0 Å². The Labute approximate surface area is 384 Å². The number of hydrogen-bond donors (Lipinski definition) is 0. The van der Waals surface area contributed by atoms with Crippen LogP contribution in [0.15, 0.2) is 185 Å². The van der Waals surface area contributed by atoms with E-state index in [0.717, 1.165) is 60.9 Å². The van der Waals surface area contributed by atoms with E-state index in [1.54, 1.807) is 0 Å². The highest BCUT2D eigenvalue weighted by molar-refractivity contribution is 6.21. The van der Waals surface area contributed by atoms with Gasteiger partial charge in [-0.2, -0.15) is 0 Å². The van der Waals surface area contributed by atoms with Gasteiger partial charge in [0.2, 0.25) is 0 Å². The van der Waals surface area contributed by atoms with Crippen LogP contribution in [0.2, 0.25) is 0 Å². The highest BCUT2D eigenvalue weighted by atomic mass is 16.3. The molecule has 0 saturated carbocycles. The summed E-state index contributed by atoms with van der Waals surface area (Å²) in [7, 11) is 0. The van der Waals surface area contributed by atoms with Gasteiger partial charge in [-0.15, -0.1) is 0 Å². The van der Waals surface area contributed by atoms with Crippen LogP contribution in [-0.2, 0) is 16.2 Å². The van der Waals surface area contributed by atoms with Crippen LogP contribution in [0.1, 0.15) is 74.9 Å². The molecule has 3 nitrogen and oxygen atoms in total. The fraction of sp³-hybridized carbons (Fsp3) is 0.143. The van der Waals surface area contributed by atoms with Crippen LogP contribution in [0, 0.1) is 0 Å². The molecule has 0 bridgehead atoms. The SMILES string of the molecule is CC1(C)c2ccccc2-c2ccc(N(c3ccc4c(c3)C(C)(C)c3ccccc3-4)c3cccc4oc5cc6c(cc5c34)oc3cccc(-c4cccc5c4-c4ccccc4C5(C)C)c36)cc21. The first kappa shape index (κ1) is 37.7. The molecule has 0 unspecified atom stereocenters. The fourth-order valence-corrected chi connectivity index (χ4v) is 12.6. The molecule has 2 heterocycles. The molecule has 11 aromatic rings. The third-order valence-corrected chi connectivity index (χ3v) is 15.9. The van der Waals surface area contributed by atoms with Crippen molar-refractivity contribution in [1.29, 1.82) is 0 Å². The van der Waals surface area contributed by atoms with Gasteiger partial charge in [0.15, 0.2) is 0 Å². The normalized spacial score (nSPS) is 15.5. The predicted molar refractivity (Wildman–Crippen MR) is 274 cm³/mol. The van der Waals surface area contributed by atoms with Crippen molar-refractivity contribution in [2.75, 3.05) is 4.90 Å². The van der Waals surface area contributed by atoms with Crippen molar-refractivity contribution in [3.63, 3.8) is 0 Å². The van der Waals surface area contributed by atoms with Crippen LogP contribution in [0.3, 0.4) is 0 Å². The zero-order valence-electron chi connectivity index (χ0n) is 38.0. The fourth-order valence-electron chi connectivity index (χ4n) is 12.6. The molecule has 0 saturated heterocycles. The van der Waals surface area contributed by atoms with E-state index in [2.05, 4.69) is 222 Å². The van der Waals surface area contributed by atoms with E-state index in [1.807, 2.05) is 0 Å². The number of hydrogen-bond acceptors (Lipinski definition) is 3. The van der Waals surface area contributed by atoms with E-state index >= 15 is 0 Å². The predicted octanol–water partition coefficient (Wildman–Crippen LogP) is 17.5. The molecule has 66 heavy (non-hydrogen) atoms. The van der Waals surface area contributed by atoms with Crippen molar-refractivity contribution in [2.45, 2.75) is 57.8 Å². The molecule has 0 aliphatic heterocycles. The Morgan fingerprint density at radius 3 is 1.35 bits per heavy atom. The highest BCUT2D eigenvalue weighted by Crippen LogP contribution is 2.56. The summed E-state index contributed by atoms with van der Waals surface area (Å²) >= 11 is 0. The minimum Gasteiger partial charge on any atom is -0.456 e. The first-order valence-corrected chi connectivity index (χ1v) is 23.3. The average molecular weight is 850 g/mol. The first-order valence-electron chi connectivity index (χ1n) is 23.3. The molecule has 0 fully saturated rings. The zero-order chi connectivity index (χ0) is 44.4. The van der Waals surface area contributed by atoms with E-state index in [-0.39, 0.29) is 16.2 Å². The van der Waals surface area contributed by atoms with Gasteiger partial charge in [0.25, 0.3) is 0 Å². The van der Waals surface area contributed by atoms with Crippen LogP contribution in [0.4, 0.5) is 17.1 Å². The third-order valence-electron chi connectivity index (χ3n) is 15.9. The summed E-state index contributed by atoms with van der Waals surface area (Å²) in [5.41, 5.74) is 24.6. The Balaban J connectivity index is 0.994. The van der Waals surface area contributed by atoms with E-state index in [1.165, 1.54) is 77.9 Å². The van der Waals surface area contributed by atoms with Gasteiger partial charge in [0.05, 0.1) is 11.1 Å². The molecule has 3 heteroatoms. The van der Waals surface area contributed by atoms with Crippen LogP contribution >= 0.6 is 0 Å². The van der Waals surface area contributed by atoms with Gasteiger partial charge in [-0.3, -0.25) is 0 Å². The number of fused-ring (bicyclic) bond motifs is 15. The lowest BCUT2D eigenvalue weighted by Gasteiger charge is -2.30.